The first-order chi connectivity index (χ1) is 13.3. The maximum atomic E-state index is 4.62. The smallest absolute Gasteiger partial charge is 0.123 e. The van der Waals surface area contributed by atoms with Crippen LogP contribution < -0.4 is 5.32 Å². The molecule has 0 aliphatic carbocycles. The molecule has 27 heavy (non-hydrogen) atoms. The average molecular weight is 353 g/mol. The van der Waals surface area contributed by atoms with Gasteiger partial charge < -0.3 is 10.3 Å². The van der Waals surface area contributed by atoms with Crippen molar-refractivity contribution in [2.45, 2.75) is 31.8 Å². The standard InChI is InChI=1S/C24H23N3/c1-16-7-12-22(26-16)24-25-15-23(27-24)21-11-10-19-13-18(8-9-20(19)14-21)17-5-3-2-4-6-17/h2-6,8-11,13-16,22,26H,7,12H2,1H3,(H,25,27)/t16-,22-/m0/s1. The van der Waals surface area contributed by atoms with E-state index in [0.717, 1.165) is 17.9 Å². The van der Waals surface area contributed by atoms with Crippen LogP contribution in [-0.2, 0) is 0 Å². The van der Waals surface area contributed by atoms with Crippen LogP contribution >= 0.6 is 0 Å². The Hall–Kier alpha value is -2.91. The van der Waals surface area contributed by atoms with Gasteiger partial charge >= 0.3 is 0 Å². The molecule has 1 aliphatic rings. The van der Waals surface area contributed by atoms with Gasteiger partial charge in [0.1, 0.15) is 5.82 Å². The lowest BCUT2D eigenvalue weighted by atomic mass is 9.99. The summed E-state index contributed by atoms with van der Waals surface area (Å²) in [6, 6.07) is 24.7. The van der Waals surface area contributed by atoms with Crippen LogP contribution in [-0.4, -0.2) is 16.0 Å². The molecule has 3 heteroatoms. The molecule has 5 rings (SSSR count). The predicted molar refractivity (Wildman–Crippen MR) is 112 cm³/mol. The molecule has 3 aromatic carbocycles. The molecule has 0 spiro atoms. The first-order valence-corrected chi connectivity index (χ1v) is 9.67. The normalized spacial score (nSPS) is 19.6. The van der Waals surface area contributed by atoms with E-state index in [0.29, 0.717) is 12.1 Å². The van der Waals surface area contributed by atoms with Crippen LogP contribution in [0.4, 0.5) is 0 Å². The van der Waals surface area contributed by atoms with Gasteiger partial charge in [-0.2, -0.15) is 0 Å². The van der Waals surface area contributed by atoms with Gasteiger partial charge in [0.15, 0.2) is 0 Å². The number of hydrogen-bond acceptors (Lipinski definition) is 2. The quantitative estimate of drug-likeness (QED) is 0.495. The molecule has 0 amide bonds. The Morgan fingerprint density at radius 2 is 1.56 bits per heavy atom. The summed E-state index contributed by atoms with van der Waals surface area (Å²) in [4.78, 5) is 8.15. The van der Waals surface area contributed by atoms with Gasteiger partial charge in [0.2, 0.25) is 0 Å². The van der Waals surface area contributed by atoms with Crippen molar-refractivity contribution in [2.75, 3.05) is 0 Å². The lowest BCUT2D eigenvalue weighted by Gasteiger charge is -2.08. The Kier molecular flexibility index (Phi) is 4.02. The van der Waals surface area contributed by atoms with E-state index in [4.69, 9.17) is 0 Å². The molecular weight excluding hydrogens is 330 g/mol. The second-order valence-electron chi connectivity index (χ2n) is 7.52. The number of aromatic nitrogens is 2. The van der Waals surface area contributed by atoms with Gasteiger partial charge in [0, 0.05) is 11.6 Å². The van der Waals surface area contributed by atoms with Crippen LogP contribution in [0.25, 0.3) is 33.2 Å². The summed E-state index contributed by atoms with van der Waals surface area (Å²) < 4.78 is 0. The van der Waals surface area contributed by atoms with Gasteiger partial charge in [0.05, 0.1) is 17.9 Å². The molecule has 1 aromatic heterocycles. The average Bonchev–Trinajstić information content (AvgIpc) is 3.37. The molecule has 2 heterocycles. The fourth-order valence-corrected chi connectivity index (χ4v) is 4.03. The molecule has 1 fully saturated rings. The summed E-state index contributed by atoms with van der Waals surface area (Å²) in [6.45, 7) is 2.23. The minimum Gasteiger partial charge on any atom is -0.341 e. The highest BCUT2D eigenvalue weighted by molar-refractivity contribution is 5.90. The number of fused-ring (bicyclic) bond motifs is 1. The van der Waals surface area contributed by atoms with Crippen molar-refractivity contribution in [1.82, 2.24) is 15.3 Å². The zero-order valence-corrected chi connectivity index (χ0v) is 15.4. The maximum Gasteiger partial charge on any atom is 0.123 e. The second-order valence-corrected chi connectivity index (χ2v) is 7.52. The van der Waals surface area contributed by atoms with Gasteiger partial charge in [-0.25, -0.2) is 4.98 Å². The molecule has 2 N–H and O–H groups in total. The van der Waals surface area contributed by atoms with Crippen molar-refractivity contribution in [3.05, 3.63) is 78.8 Å². The lowest BCUT2D eigenvalue weighted by Crippen LogP contribution is -2.21. The summed E-state index contributed by atoms with van der Waals surface area (Å²) in [7, 11) is 0. The predicted octanol–water partition coefficient (Wildman–Crippen LogP) is 5.71. The van der Waals surface area contributed by atoms with Crippen molar-refractivity contribution >= 4 is 10.8 Å². The second kappa shape index (κ2) is 6.67. The fraction of sp³-hybridized carbons (Fsp3) is 0.208. The Morgan fingerprint density at radius 1 is 0.815 bits per heavy atom. The molecule has 4 aromatic rings. The molecule has 3 nitrogen and oxygen atoms in total. The van der Waals surface area contributed by atoms with Crippen LogP contribution in [0.15, 0.2) is 72.9 Å². The Balaban J connectivity index is 1.46. The first-order valence-electron chi connectivity index (χ1n) is 9.67. The number of aromatic amines is 1. The van der Waals surface area contributed by atoms with Crippen molar-refractivity contribution in [3.8, 4) is 22.4 Å². The molecular formula is C24H23N3. The topological polar surface area (TPSA) is 40.7 Å². The monoisotopic (exact) mass is 353 g/mol. The molecule has 0 saturated carbocycles. The van der Waals surface area contributed by atoms with Gasteiger partial charge in [0.25, 0.3) is 0 Å². The highest BCUT2D eigenvalue weighted by Gasteiger charge is 2.24. The fourth-order valence-electron chi connectivity index (χ4n) is 4.03. The van der Waals surface area contributed by atoms with Crippen molar-refractivity contribution in [3.63, 3.8) is 0 Å². The van der Waals surface area contributed by atoms with Gasteiger partial charge in [-0.15, -0.1) is 0 Å². The van der Waals surface area contributed by atoms with E-state index >= 15 is 0 Å². The minimum absolute atomic E-state index is 0.350. The summed E-state index contributed by atoms with van der Waals surface area (Å²) in [6.07, 6.45) is 4.31. The highest BCUT2D eigenvalue weighted by atomic mass is 15.1. The first kappa shape index (κ1) is 16.3. The van der Waals surface area contributed by atoms with Crippen LogP contribution in [0.3, 0.4) is 0 Å². The third-order valence-corrected chi connectivity index (χ3v) is 5.56. The highest BCUT2D eigenvalue weighted by Crippen LogP contribution is 2.30. The van der Waals surface area contributed by atoms with Crippen molar-refractivity contribution in [1.29, 1.82) is 0 Å². The number of benzene rings is 3. The van der Waals surface area contributed by atoms with Gasteiger partial charge in [-0.3, -0.25) is 0 Å². The van der Waals surface area contributed by atoms with Crippen molar-refractivity contribution < 1.29 is 0 Å². The number of rotatable bonds is 3. The summed E-state index contributed by atoms with van der Waals surface area (Å²) in [5.41, 5.74) is 4.77. The molecule has 134 valence electrons. The van der Waals surface area contributed by atoms with E-state index in [9.17, 15) is 0 Å². The van der Waals surface area contributed by atoms with Crippen LogP contribution in [0.5, 0.6) is 0 Å². The van der Waals surface area contributed by atoms with E-state index in [1.165, 1.54) is 33.9 Å². The number of nitrogens with zero attached hydrogens (tertiary/aromatic N) is 1. The van der Waals surface area contributed by atoms with Crippen LogP contribution in [0, 0.1) is 0 Å². The zero-order chi connectivity index (χ0) is 18.2. The molecule has 0 bridgehead atoms. The largest absolute Gasteiger partial charge is 0.341 e. The Labute approximate surface area is 159 Å². The molecule has 1 aliphatic heterocycles. The number of H-pyrrole nitrogens is 1. The minimum atomic E-state index is 0.350. The molecule has 2 atom stereocenters. The molecule has 0 radical (unpaired) electrons. The summed E-state index contributed by atoms with van der Waals surface area (Å²) in [5, 5.41) is 6.09. The third kappa shape index (κ3) is 3.15. The number of hydrogen-bond donors (Lipinski definition) is 2. The Bertz CT molecular complexity index is 1080. The van der Waals surface area contributed by atoms with E-state index < -0.39 is 0 Å². The molecule has 0 unspecified atom stereocenters. The SMILES string of the molecule is C[C@H]1CC[C@@H](c2ncc(-c3ccc4cc(-c5ccccc5)ccc4c3)[nH]2)N1. The Morgan fingerprint density at radius 3 is 2.30 bits per heavy atom. The van der Waals surface area contributed by atoms with Crippen LogP contribution in [0.2, 0.25) is 0 Å². The van der Waals surface area contributed by atoms with E-state index in [2.05, 4.69) is 88.9 Å². The third-order valence-electron chi connectivity index (χ3n) is 5.56. The van der Waals surface area contributed by atoms with Gasteiger partial charge in [-0.1, -0.05) is 54.6 Å². The van der Waals surface area contributed by atoms with Crippen LogP contribution in [0.1, 0.15) is 31.6 Å². The number of imidazole rings is 1. The molecule has 1 saturated heterocycles. The zero-order valence-electron chi connectivity index (χ0n) is 15.4. The summed E-state index contributed by atoms with van der Waals surface area (Å²) in [5.74, 6) is 1.05. The van der Waals surface area contributed by atoms with E-state index in [1.54, 1.807) is 0 Å². The number of nitrogens with one attached hydrogen (secondary N) is 2. The summed E-state index contributed by atoms with van der Waals surface area (Å²) >= 11 is 0. The maximum absolute atomic E-state index is 4.62. The van der Waals surface area contributed by atoms with E-state index in [1.807, 2.05) is 6.20 Å². The van der Waals surface area contributed by atoms with E-state index in [-0.39, 0.29) is 0 Å². The van der Waals surface area contributed by atoms with Gasteiger partial charge in [-0.05, 0) is 53.8 Å². The lowest BCUT2D eigenvalue weighted by molar-refractivity contribution is 0.564. The van der Waals surface area contributed by atoms with Crippen molar-refractivity contribution in [2.24, 2.45) is 0 Å².